The van der Waals surface area contributed by atoms with Crippen LogP contribution in [-0.2, 0) is 6.54 Å². The molecule has 0 aliphatic heterocycles. The van der Waals surface area contributed by atoms with E-state index in [0.29, 0.717) is 23.8 Å². The second-order valence-electron chi connectivity index (χ2n) is 4.22. The van der Waals surface area contributed by atoms with E-state index < -0.39 is 0 Å². The quantitative estimate of drug-likeness (QED) is 0.804. The van der Waals surface area contributed by atoms with Crippen molar-refractivity contribution in [3.05, 3.63) is 50.9 Å². The van der Waals surface area contributed by atoms with E-state index in [2.05, 4.69) is 4.98 Å². The monoisotopic (exact) mass is 294 g/mol. The van der Waals surface area contributed by atoms with E-state index in [1.165, 1.54) is 4.88 Å². The lowest BCUT2D eigenvalue weighted by molar-refractivity contribution is 0.0754. The smallest absolute Gasteiger partial charge is 0.254 e. The highest BCUT2D eigenvalue weighted by Gasteiger charge is 2.16. The second kappa shape index (κ2) is 6.17. The summed E-state index contributed by atoms with van der Waals surface area (Å²) >= 11 is 7.56. The SMILES string of the molecule is CCN(Cc1cccs1)C(=O)c1cc(C)nc(Cl)c1. The van der Waals surface area contributed by atoms with E-state index in [0.717, 1.165) is 5.69 Å². The van der Waals surface area contributed by atoms with Crippen LogP contribution < -0.4 is 0 Å². The highest BCUT2D eigenvalue weighted by Crippen LogP contribution is 2.16. The Morgan fingerprint density at radius 2 is 2.26 bits per heavy atom. The van der Waals surface area contributed by atoms with Crippen LogP contribution in [0.3, 0.4) is 0 Å². The number of halogens is 1. The Morgan fingerprint density at radius 3 is 2.84 bits per heavy atom. The zero-order valence-electron chi connectivity index (χ0n) is 10.9. The minimum Gasteiger partial charge on any atom is -0.334 e. The van der Waals surface area contributed by atoms with Crippen molar-refractivity contribution in [1.29, 1.82) is 0 Å². The number of rotatable bonds is 4. The predicted molar refractivity (Wildman–Crippen MR) is 78.7 cm³/mol. The number of hydrogen-bond acceptors (Lipinski definition) is 3. The molecule has 2 rings (SSSR count). The average molecular weight is 295 g/mol. The number of carbonyl (C=O) groups is 1. The minimum absolute atomic E-state index is 0.0108. The molecule has 0 radical (unpaired) electrons. The molecule has 0 saturated heterocycles. The number of aryl methyl sites for hydroxylation is 1. The standard InChI is InChI=1S/C14H15ClN2OS/c1-3-17(9-12-5-4-6-19-12)14(18)11-7-10(2)16-13(15)8-11/h4-8H,3,9H2,1-2H3. The molecule has 2 heterocycles. The van der Waals surface area contributed by atoms with E-state index in [1.54, 1.807) is 28.4 Å². The maximum Gasteiger partial charge on any atom is 0.254 e. The van der Waals surface area contributed by atoms with Crippen molar-refractivity contribution >= 4 is 28.8 Å². The van der Waals surface area contributed by atoms with Gasteiger partial charge in [0.1, 0.15) is 5.15 Å². The summed E-state index contributed by atoms with van der Waals surface area (Å²) < 4.78 is 0. The van der Waals surface area contributed by atoms with E-state index >= 15 is 0 Å². The van der Waals surface area contributed by atoms with Crippen molar-refractivity contribution in [1.82, 2.24) is 9.88 Å². The maximum atomic E-state index is 12.5. The largest absolute Gasteiger partial charge is 0.334 e. The van der Waals surface area contributed by atoms with Crippen LogP contribution in [0.1, 0.15) is 27.9 Å². The average Bonchev–Trinajstić information content (AvgIpc) is 2.86. The van der Waals surface area contributed by atoms with Gasteiger partial charge >= 0.3 is 0 Å². The van der Waals surface area contributed by atoms with Crippen LogP contribution in [0.15, 0.2) is 29.6 Å². The number of hydrogen-bond donors (Lipinski definition) is 0. The van der Waals surface area contributed by atoms with Gasteiger partial charge in [-0.2, -0.15) is 0 Å². The molecule has 0 saturated carbocycles. The molecule has 0 atom stereocenters. The zero-order chi connectivity index (χ0) is 13.8. The molecule has 0 N–H and O–H groups in total. The third-order valence-corrected chi connectivity index (χ3v) is 3.82. The Bertz CT molecular complexity index is 549. The van der Waals surface area contributed by atoms with Crippen LogP contribution in [0.25, 0.3) is 0 Å². The Labute approximate surface area is 121 Å². The number of pyridine rings is 1. The summed E-state index contributed by atoms with van der Waals surface area (Å²) in [4.78, 5) is 19.5. The summed E-state index contributed by atoms with van der Waals surface area (Å²) in [5.41, 5.74) is 1.35. The zero-order valence-corrected chi connectivity index (χ0v) is 12.5. The first-order valence-electron chi connectivity index (χ1n) is 6.06. The molecule has 100 valence electrons. The van der Waals surface area contributed by atoms with Gasteiger partial charge in [0, 0.05) is 22.7 Å². The van der Waals surface area contributed by atoms with Crippen molar-refractivity contribution < 1.29 is 4.79 Å². The summed E-state index contributed by atoms with van der Waals surface area (Å²) in [6.07, 6.45) is 0. The van der Waals surface area contributed by atoms with E-state index in [-0.39, 0.29) is 5.91 Å². The van der Waals surface area contributed by atoms with Gasteiger partial charge in [-0.3, -0.25) is 4.79 Å². The van der Waals surface area contributed by atoms with Crippen molar-refractivity contribution in [2.75, 3.05) is 6.54 Å². The minimum atomic E-state index is -0.0108. The number of thiophene rings is 1. The van der Waals surface area contributed by atoms with Gasteiger partial charge in [0.25, 0.3) is 5.91 Å². The summed E-state index contributed by atoms with van der Waals surface area (Å²) in [6, 6.07) is 7.41. The lowest BCUT2D eigenvalue weighted by Crippen LogP contribution is -2.30. The first kappa shape index (κ1) is 14.0. The number of nitrogens with zero attached hydrogens (tertiary/aromatic N) is 2. The molecule has 0 aromatic carbocycles. The first-order chi connectivity index (χ1) is 9.10. The van der Waals surface area contributed by atoms with Gasteiger partial charge in [-0.25, -0.2) is 4.98 Å². The van der Waals surface area contributed by atoms with E-state index in [4.69, 9.17) is 11.6 Å². The Balaban J connectivity index is 2.20. The van der Waals surface area contributed by atoms with Crippen molar-refractivity contribution in [2.24, 2.45) is 0 Å². The molecule has 3 nitrogen and oxygen atoms in total. The normalized spacial score (nSPS) is 10.5. The summed E-state index contributed by atoms with van der Waals surface area (Å²) in [5, 5.41) is 2.37. The van der Waals surface area contributed by atoms with Crippen LogP contribution in [0, 0.1) is 6.92 Å². The van der Waals surface area contributed by atoms with Crippen molar-refractivity contribution in [3.63, 3.8) is 0 Å². The van der Waals surface area contributed by atoms with Crippen LogP contribution >= 0.6 is 22.9 Å². The van der Waals surface area contributed by atoms with Crippen molar-refractivity contribution in [2.45, 2.75) is 20.4 Å². The van der Waals surface area contributed by atoms with Crippen LogP contribution in [0.4, 0.5) is 0 Å². The third-order valence-electron chi connectivity index (χ3n) is 2.76. The van der Waals surface area contributed by atoms with Gasteiger partial charge in [-0.1, -0.05) is 17.7 Å². The molecule has 1 amide bonds. The van der Waals surface area contributed by atoms with Crippen LogP contribution in [0.2, 0.25) is 5.15 Å². The van der Waals surface area contributed by atoms with E-state index in [1.807, 2.05) is 31.4 Å². The maximum absolute atomic E-state index is 12.5. The first-order valence-corrected chi connectivity index (χ1v) is 7.31. The summed E-state index contributed by atoms with van der Waals surface area (Å²) in [6.45, 7) is 5.10. The van der Waals surface area contributed by atoms with E-state index in [9.17, 15) is 4.79 Å². The summed E-state index contributed by atoms with van der Waals surface area (Å²) in [5.74, 6) is -0.0108. The lowest BCUT2D eigenvalue weighted by Gasteiger charge is -2.20. The lowest BCUT2D eigenvalue weighted by atomic mass is 10.2. The molecule has 0 unspecified atom stereocenters. The summed E-state index contributed by atoms with van der Waals surface area (Å²) in [7, 11) is 0. The molecule has 2 aromatic heterocycles. The van der Waals surface area contributed by atoms with Gasteiger partial charge in [-0.15, -0.1) is 11.3 Å². The number of amides is 1. The molecule has 0 aliphatic carbocycles. The number of carbonyl (C=O) groups excluding carboxylic acids is 1. The van der Waals surface area contributed by atoms with Gasteiger partial charge in [0.15, 0.2) is 0 Å². The molecule has 0 spiro atoms. The van der Waals surface area contributed by atoms with Gasteiger partial charge in [-0.05, 0) is 37.4 Å². The fourth-order valence-corrected chi connectivity index (χ4v) is 2.82. The molecular formula is C14H15ClN2OS. The number of aromatic nitrogens is 1. The fourth-order valence-electron chi connectivity index (χ4n) is 1.85. The molecule has 2 aromatic rings. The third kappa shape index (κ3) is 3.55. The highest BCUT2D eigenvalue weighted by atomic mass is 35.5. The molecule has 0 bridgehead atoms. The molecular weight excluding hydrogens is 280 g/mol. The Hall–Kier alpha value is -1.39. The molecule has 0 aliphatic rings. The molecule has 19 heavy (non-hydrogen) atoms. The fraction of sp³-hybridized carbons (Fsp3) is 0.286. The Morgan fingerprint density at radius 1 is 1.47 bits per heavy atom. The molecule has 5 heteroatoms. The van der Waals surface area contributed by atoms with Crippen molar-refractivity contribution in [3.8, 4) is 0 Å². The van der Waals surface area contributed by atoms with Crippen LogP contribution in [0.5, 0.6) is 0 Å². The van der Waals surface area contributed by atoms with Gasteiger partial charge in [0.05, 0.1) is 6.54 Å². The van der Waals surface area contributed by atoms with Gasteiger partial charge in [0.2, 0.25) is 0 Å². The van der Waals surface area contributed by atoms with Crippen LogP contribution in [-0.4, -0.2) is 22.3 Å². The second-order valence-corrected chi connectivity index (χ2v) is 5.64. The predicted octanol–water partition coefficient (Wildman–Crippen LogP) is 3.77. The highest BCUT2D eigenvalue weighted by molar-refractivity contribution is 7.09. The molecule has 0 fully saturated rings. The Kier molecular flexibility index (Phi) is 4.56. The topological polar surface area (TPSA) is 33.2 Å². The van der Waals surface area contributed by atoms with Gasteiger partial charge < -0.3 is 4.90 Å².